The molecule has 1 nitrogen and oxygen atoms in total. The highest BCUT2D eigenvalue weighted by molar-refractivity contribution is 5.32. The molecule has 0 aromatic heterocycles. The molecule has 0 radical (unpaired) electrons. The van der Waals surface area contributed by atoms with Gasteiger partial charge >= 0.3 is 0 Å². The van der Waals surface area contributed by atoms with Gasteiger partial charge < -0.3 is 5.32 Å². The van der Waals surface area contributed by atoms with Crippen molar-refractivity contribution in [3.63, 3.8) is 0 Å². The predicted octanol–water partition coefficient (Wildman–Crippen LogP) is 3.37. The van der Waals surface area contributed by atoms with Gasteiger partial charge in [-0.05, 0) is 44.4 Å². The van der Waals surface area contributed by atoms with E-state index in [1.165, 1.54) is 36.8 Å². The standard InChI is InChI=1S/C14H21N/c1-12-8-4-5-9-13(12)14(2)10-6-3-7-11-15-14/h4-5,8-9,15H,3,6-7,10-11H2,1-2H3. The zero-order chi connectivity index (χ0) is 10.7. The van der Waals surface area contributed by atoms with Gasteiger partial charge in [-0.15, -0.1) is 0 Å². The number of benzene rings is 1. The van der Waals surface area contributed by atoms with Gasteiger partial charge in [0, 0.05) is 5.54 Å². The molecule has 0 amide bonds. The minimum absolute atomic E-state index is 0.196. The first-order valence-electron chi connectivity index (χ1n) is 6.03. The predicted molar refractivity (Wildman–Crippen MR) is 65.0 cm³/mol. The fourth-order valence-electron chi connectivity index (χ4n) is 2.65. The van der Waals surface area contributed by atoms with Crippen molar-refractivity contribution in [2.24, 2.45) is 0 Å². The van der Waals surface area contributed by atoms with Crippen LogP contribution in [-0.4, -0.2) is 6.54 Å². The van der Waals surface area contributed by atoms with Crippen molar-refractivity contribution in [3.8, 4) is 0 Å². The molecule has 1 aliphatic heterocycles. The third-order valence-electron chi connectivity index (χ3n) is 3.61. The number of aryl methyl sites for hydroxylation is 1. The van der Waals surface area contributed by atoms with E-state index in [9.17, 15) is 0 Å². The van der Waals surface area contributed by atoms with Crippen LogP contribution in [0.4, 0.5) is 0 Å². The molecule has 1 atom stereocenters. The number of rotatable bonds is 1. The highest BCUT2D eigenvalue weighted by Gasteiger charge is 2.27. The summed E-state index contributed by atoms with van der Waals surface area (Å²) in [6.45, 7) is 5.72. The van der Waals surface area contributed by atoms with Crippen molar-refractivity contribution in [2.75, 3.05) is 6.54 Å². The van der Waals surface area contributed by atoms with Gasteiger partial charge in [0.05, 0.1) is 0 Å². The van der Waals surface area contributed by atoms with Crippen molar-refractivity contribution < 1.29 is 0 Å². The summed E-state index contributed by atoms with van der Waals surface area (Å²) in [7, 11) is 0. The van der Waals surface area contributed by atoms with Gasteiger partial charge in [-0.2, -0.15) is 0 Å². The molecular formula is C14H21N. The molecule has 1 N–H and O–H groups in total. The van der Waals surface area contributed by atoms with E-state index in [2.05, 4.69) is 43.4 Å². The number of hydrogen-bond acceptors (Lipinski definition) is 1. The zero-order valence-corrected chi connectivity index (χ0v) is 9.84. The molecule has 1 heterocycles. The Morgan fingerprint density at radius 3 is 2.73 bits per heavy atom. The molecule has 15 heavy (non-hydrogen) atoms. The van der Waals surface area contributed by atoms with Gasteiger partial charge in [0.1, 0.15) is 0 Å². The first-order valence-corrected chi connectivity index (χ1v) is 6.03. The Kier molecular flexibility index (Phi) is 3.11. The van der Waals surface area contributed by atoms with E-state index >= 15 is 0 Å². The van der Waals surface area contributed by atoms with Gasteiger partial charge in [0.2, 0.25) is 0 Å². The molecule has 1 aromatic rings. The maximum absolute atomic E-state index is 3.72. The van der Waals surface area contributed by atoms with E-state index in [0.29, 0.717) is 0 Å². The SMILES string of the molecule is Cc1ccccc1C1(C)CCCCCN1. The van der Waals surface area contributed by atoms with Gasteiger partial charge in [-0.25, -0.2) is 0 Å². The summed E-state index contributed by atoms with van der Waals surface area (Å²) in [6.07, 6.45) is 5.30. The summed E-state index contributed by atoms with van der Waals surface area (Å²) >= 11 is 0. The van der Waals surface area contributed by atoms with Crippen molar-refractivity contribution in [1.82, 2.24) is 5.32 Å². The van der Waals surface area contributed by atoms with Crippen LogP contribution in [0.5, 0.6) is 0 Å². The van der Waals surface area contributed by atoms with Crippen LogP contribution in [0.1, 0.15) is 43.7 Å². The first kappa shape index (κ1) is 10.7. The van der Waals surface area contributed by atoms with Crippen molar-refractivity contribution in [1.29, 1.82) is 0 Å². The lowest BCUT2D eigenvalue weighted by atomic mass is 9.85. The summed E-state index contributed by atoms with van der Waals surface area (Å²) in [4.78, 5) is 0. The Balaban J connectivity index is 2.30. The van der Waals surface area contributed by atoms with E-state index in [1.54, 1.807) is 0 Å². The second-order valence-corrected chi connectivity index (χ2v) is 4.88. The number of nitrogens with one attached hydrogen (secondary N) is 1. The fraction of sp³-hybridized carbons (Fsp3) is 0.571. The topological polar surface area (TPSA) is 12.0 Å². The van der Waals surface area contributed by atoms with E-state index in [1.807, 2.05) is 0 Å². The van der Waals surface area contributed by atoms with Crippen LogP contribution in [0.15, 0.2) is 24.3 Å². The lowest BCUT2D eigenvalue weighted by molar-refractivity contribution is 0.358. The molecule has 1 heteroatoms. The minimum Gasteiger partial charge on any atom is -0.308 e. The van der Waals surface area contributed by atoms with Gasteiger partial charge in [-0.1, -0.05) is 37.1 Å². The average Bonchev–Trinajstić information content (AvgIpc) is 2.44. The Labute approximate surface area is 92.9 Å². The zero-order valence-electron chi connectivity index (χ0n) is 9.84. The van der Waals surface area contributed by atoms with Crippen LogP contribution in [-0.2, 0) is 5.54 Å². The van der Waals surface area contributed by atoms with Crippen LogP contribution >= 0.6 is 0 Å². The second kappa shape index (κ2) is 4.36. The third-order valence-corrected chi connectivity index (χ3v) is 3.61. The third kappa shape index (κ3) is 2.23. The van der Waals surface area contributed by atoms with E-state index in [0.717, 1.165) is 6.54 Å². The smallest absolute Gasteiger partial charge is 0.0408 e. The van der Waals surface area contributed by atoms with Crippen LogP contribution in [0.25, 0.3) is 0 Å². The largest absolute Gasteiger partial charge is 0.308 e. The summed E-state index contributed by atoms with van der Waals surface area (Å²) in [5.41, 5.74) is 3.09. The highest BCUT2D eigenvalue weighted by Crippen LogP contribution is 2.31. The molecular weight excluding hydrogens is 182 g/mol. The fourth-order valence-corrected chi connectivity index (χ4v) is 2.65. The van der Waals surface area contributed by atoms with E-state index in [-0.39, 0.29) is 5.54 Å². The molecule has 1 saturated heterocycles. The lowest BCUT2D eigenvalue weighted by Gasteiger charge is -2.31. The van der Waals surface area contributed by atoms with Gasteiger partial charge in [-0.3, -0.25) is 0 Å². The van der Waals surface area contributed by atoms with Gasteiger partial charge in [0.15, 0.2) is 0 Å². The lowest BCUT2D eigenvalue weighted by Crippen LogP contribution is -2.39. The molecule has 0 aliphatic carbocycles. The maximum atomic E-state index is 3.72. The first-order chi connectivity index (χ1) is 7.22. The minimum atomic E-state index is 0.196. The molecule has 1 aromatic carbocycles. The normalized spacial score (nSPS) is 27.3. The molecule has 0 bridgehead atoms. The Morgan fingerprint density at radius 1 is 1.13 bits per heavy atom. The van der Waals surface area contributed by atoms with Crippen LogP contribution < -0.4 is 5.32 Å². The molecule has 1 fully saturated rings. The van der Waals surface area contributed by atoms with Gasteiger partial charge in [0.25, 0.3) is 0 Å². The summed E-state index contributed by atoms with van der Waals surface area (Å²) < 4.78 is 0. The quantitative estimate of drug-likeness (QED) is 0.738. The molecule has 82 valence electrons. The Morgan fingerprint density at radius 2 is 1.93 bits per heavy atom. The second-order valence-electron chi connectivity index (χ2n) is 4.88. The van der Waals surface area contributed by atoms with Crippen molar-refractivity contribution in [2.45, 2.75) is 45.1 Å². The average molecular weight is 203 g/mol. The van der Waals surface area contributed by atoms with Crippen molar-refractivity contribution in [3.05, 3.63) is 35.4 Å². The highest BCUT2D eigenvalue weighted by atomic mass is 15.0. The summed E-state index contributed by atoms with van der Waals surface area (Å²) in [6, 6.07) is 8.76. The maximum Gasteiger partial charge on any atom is 0.0408 e. The van der Waals surface area contributed by atoms with Crippen molar-refractivity contribution >= 4 is 0 Å². The monoisotopic (exact) mass is 203 g/mol. The Hall–Kier alpha value is -0.820. The molecule has 1 aliphatic rings. The summed E-state index contributed by atoms with van der Waals surface area (Å²) in [5.74, 6) is 0. The number of hydrogen-bond donors (Lipinski definition) is 1. The molecule has 0 spiro atoms. The summed E-state index contributed by atoms with van der Waals surface area (Å²) in [5, 5.41) is 3.72. The van der Waals surface area contributed by atoms with Crippen LogP contribution in [0.2, 0.25) is 0 Å². The molecule has 0 saturated carbocycles. The van der Waals surface area contributed by atoms with Crippen LogP contribution in [0, 0.1) is 6.92 Å². The van der Waals surface area contributed by atoms with E-state index in [4.69, 9.17) is 0 Å². The van der Waals surface area contributed by atoms with E-state index < -0.39 is 0 Å². The van der Waals surface area contributed by atoms with Crippen LogP contribution in [0.3, 0.4) is 0 Å². The molecule has 1 unspecified atom stereocenters. The Bertz CT molecular complexity index is 322. The molecule has 2 rings (SSSR count).